The van der Waals surface area contributed by atoms with Crippen LogP contribution in [0.1, 0.15) is 96.9 Å². The highest BCUT2D eigenvalue weighted by atomic mass is 19.1. The van der Waals surface area contributed by atoms with E-state index in [4.69, 9.17) is 9.47 Å². The minimum absolute atomic E-state index is 0.110. The third kappa shape index (κ3) is 9.05. The summed E-state index contributed by atoms with van der Waals surface area (Å²) in [7, 11) is 0. The zero-order valence-electron chi connectivity index (χ0n) is 34.8. The van der Waals surface area contributed by atoms with E-state index in [-0.39, 0.29) is 46.1 Å². The first kappa shape index (κ1) is 42.0. The number of ketones is 2. The Bertz CT molecular complexity index is 2310. The Hall–Kier alpha value is -6.10. The van der Waals surface area contributed by atoms with Crippen LogP contribution in [0.25, 0.3) is 22.5 Å². The molecule has 0 unspecified atom stereocenters. The van der Waals surface area contributed by atoms with E-state index in [1.165, 1.54) is 49.2 Å². The fourth-order valence-corrected chi connectivity index (χ4v) is 7.61. The van der Waals surface area contributed by atoms with Crippen molar-refractivity contribution in [3.05, 3.63) is 167 Å². The smallest absolute Gasteiger partial charge is 0.178 e. The molecule has 0 saturated heterocycles. The molecule has 6 aromatic rings. The molecule has 60 heavy (non-hydrogen) atoms. The highest BCUT2D eigenvalue weighted by Gasteiger charge is 2.41. The van der Waals surface area contributed by atoms with Gasteiger partial charge in [-0.2, -0.15) is 0 Å². The van der Waals surface area contributed by atoms with Gasteiger partial charge in [0, 0.05) is 72.1 Å². The van der Waals surface area contributed by atoms with Crippen LogP contribution < -0.4 is 20.1 Å². The van der Waals surface area contributed by atoms with Gasteiger partial charge in [0.25, 0.3) is 0 Å². The molecule has 0 saturated carbocycles. The van der Waals surface area contributed by atoms with E-state index in [1.807, 2.05) is 48.5 Å². The van der Waals surface area contributed by atoms with Crippen molar-refractivity contribution < 1.29 is 27.8 Å². The van der Waals surface area contributed by atoms with Crippen molar-refractivity contribution in [1.82, 2.24) is 20.6 Å². The number of hydrogen-bond donors (Lipinski definition) is 2. The number of benzene rings is 4. The molecule has 10 heteroatoms. The number of hydrogen-bond acceptors (Lipinski definition) is 8. The topological polar surface area (TPSA) is 102 Å². The predicted molar refractivity (Wildman–Crippen MR) is 231 cm³/mol. The third-order valence-electron chi connectivity index (χ3n) is 11.5. The molecule has 4 aromatic carbocycles. The molecule has 0 amide bonds. The molecular weight excluding hydrogens is 759 g/mol. The van der Waals surface area contributed by atoms with Crippen LogP contribution in [0.2, 0.25) is 0 Å². The second-order valence-corrected chi connectivity index (χ2v) is 16.3. The second-order valence-electron chi connectivity index (χ2n) is 16.3. The Morgan fingerprint density at radius 3 is 1.28 bits per heavy atom. The molecule has 0 radical (unpaired) electrons. The van der Waals surface area contributed by atoms with Crippen molar-refractivity contribution in [2.75, 3.05) is 26.3 Å². The van der Waals surface area contributed by atoms with E-state index in [0.717, 1.165) is 22.3 Å². The van der Waals surface area contributed by atoms with Crippen molar-refractivity contribution in [3.8, 4) is 34.0 Å². The first-order valence-electron chi connectivity index (χ1n) is 20.2. The second kappa shape index (κ2) is 17.6. The number of carbonyl (C=O) groups is 2. The summed E-state index contributed by atoms with van der Waals surface area (Å²) < 4.78 is 39.0. The number of nitrogens with zero attached hydrogens (tertiary/aromatic N) is 2. The molecule has 0 aliphatic carbocycles. The van der Waals surface area contributed by atoms with Gasteiger partial charge in [-0.15, -0.1) is 0 Å². The van der Waals surface area contributed by atoms with E-state index in [1.54, 1.807) is 24.3 Å². The lowest BCUT2D eigenvalue weighted by Gasteiger charge is -2.26. The van der Waals surface area contributed by atoms with E-state index < -0.39 is 0 Å². The molecule has 2 aromatic heterocycles. The zero-order chi connectivity index (χ0) is 42.6. The summed E-state index contributed by atoms with van der Waals surface area (Å²) >= 11 is 0. The summed E-state index contributed by atoms with van der Waals surface area (Å²) in [5.74, 6) is 0.486. The van der Waals surface area contributed by atoms with Crippen molar-refractivity contribution in [1.29, 1.82) is 0 Å². The van der Waals surface area contributed by atoms with Gasteiger partial charge in [-0.1, -0.05) is 74.5 Å². The van der Waals surface area contributed by atoms with Crippen LogP contribution >= 0.6 is 0 Å². The number of carbonyl (C=O) groups excluding carboxylic acids is 2. The highest BCUT2D eigenvalue weighted by Crippen LogP contribution is 2.46. The first-order chi connectivity index (χ1) is 28.7. The van der Waals surface area contributed by atoms with Crippen molar-refractivity contribution >= 4 is 11.6 Å². The molecule has 0 spiro atoms. The van der Waals surface area contributed by atoms with Gasteiger partial charge >= 0.3 is 0 Å². The number of Topliss-reactive ketones (excluding diaryl/α,β-unsaturated/α-hetero) is 2. The third-order valence-corrected chi connectivity index (χ3v) is 11.5. The highest BCUT2D eigenvalue weighted by molar-refractivity contribution is 5.94. The summed E-state index contributed by atoms with van der Waals surface area (Å²) in [5, 5.41) is 7.21. The molecule has 2 aliphatic heterocycles. The largest absolute Gasteiger partial charge is 0.490 e. The summed E-state index contributed by atoms with van der Waals surface area (Å²) in [4.78, 5) is 33.4. The normalized spacial score (nSPS) is 18.5. The molecule has 4 heterocycles. The monoisotopic (exact) mass is 808 g/mol. The fraction of sp³-hybridized carbons (Fsp3) is 0.280. The molecule has 8 nitrogen and oxygen atoms in total. The average Bonchev–Trinajstić information content (AvgIpc) is 3.79. The molecule has 2 N–H and O–H groups in total. The molecule has 4 atom stereocenters. The van der Waals surface area contributed by atoms with Crippen molar-refractivity contribution in [3.63, 3.8) is 0 Å². The Labute approximate surface area is 350 Å². The zero-order valence-corrected chi connectivity index (χ0v) is 34.8. The Morgan fingerprint density at radius 1 is 0.600 bits per heavy atom. The number of aromatic nitrogens is 2. The van der Waals surface area contributed by atoms with Gasteiger partial charge in [0.2, 0.25) is 0 Å². The number of nitrogens with one attached hydrogen (secondary N) is 2. The van der Waals surface area contributed by atoms with Gasteiger partial charge in [0.05, 0.1) is 13.2 Å². The van der Waals surface area contributed by atoms with E-state index in [2.05, 4.69) is 72.6 Å². The Morgan fingerprint density at radius 2 is 0.950 bits per heavy atom. The molecule has 0 fully saturated rings. The molecule has 2 aliphatic rings. The summed E-state index contributed by atoms with van der Waals surface area (Å²) in [6.45, 7) is 13.9. The van der Waals surface area contributed by atoms with Crippen molar-refractivity contribution in [2.45, 2.75) is 64.5 Å². The van der Waals surface area contributed by atoms with Crippen LogP contribution in [0.15, 0.2) is 121 Å². The maximum Gasteiger partial charge on any atom is 0.178 e. The van der Waals surface area contributed by atoms with Crippen LogP contribution in [-0.2, 0) is 10.8 Å². The first-order valence-corrected chi connectivity index (χ1v) is 20.2. The number of rotatable bonds is 12. The standard InChI is InChI=1S/2C25H25FN2O2/c2*1-16(18-7-5-4-6-8-18)27-14-25(3)15-30-24-21(25)13-22(17(2)29)28-23(24)19-9-11-20(26)12-10-19/h2*4-13,16,27H,14-15H2,1-3H3/t16-,25+;16-,25-/m00/s1. The summed E-state index contributed by atoms with van der Waals surface area (Å²) in [6.07, 6.45) is 0. The van der Waals surface area contributed by atoms with Gasteiger partial charge in [0.15, 0.2) is 11.6 Å². The SMILES string of the molecule is CC(=O)c1cc2c(c(-c3ccc(F)cc3)n1)OC[C@@]2(C)CN[C@@H](C)c1ccccc1.CC(=O)c1cc2c(c(-c3ccc(F)cc3)n1)OC[C@]2(C)CN[C@@H](C)c1ccccc1. The molecular formula is C50H50F2N4O4. The average molecular weight is 809 g/mol. The lowest BCUT2D eigenvalue weighted by Crippen LogP contribution is -2.38. The van der Waals surface area contributed by atoms with E-state index >= 15 is 0 Å². The van der Waals surface area contributed by atoms with Gasteiger partial charge in [-0.3, -0.25) is 9.59 Å². The maximum atomic E-state index is 13.4. The lowest BCUT2D eigenvalue weighted by molar-refractivity contribution is 0.100. The maximum absolute atomic E-state index is 13.4. The van der Waals surface area contributed by atoms with Crippen LogP contribution in [0, 0.1) is 11.6 Å². The summed E-state index contributed by atoms with van der Waals surface area (Å²) in [6, 6.07) is 36.8. The van der Waals surface area contributed by atoms with Crippen molar-refractivity contribution in [2.24, 2.45) is 0 Å². The van der Waals surface area contributed by atoms with Gasteiger partial charge in [-0.05, 0) is 85.6 Å². The minimum Gasteiger partial charge on any atom is -0.490 e. The molecule has 0 bridgehead atoms. The Kier molecular flexibility index (Phi) is 12.4. The van der Waals surface area contributed by atoms with Gasteiger partial charge in [-0.25, -0.2) is 18.7 Å². The minimum atomic E-state index is -0.319. The van der Waals surface area contributed by atoms with Crippen LogP contribution in [-0.4, -0.2) is 47.8 Å². The number of pyridine rings is 2. The van der Waals surface area contributed by atoms with Gasteiger partial charge in [0.1, 0.15) is 45.9 Å². The van der Waals surface area contributed by atoms with Gasteiger partial charge < -0.3 is 20.1 Å². The van der Waals surface area contributed by atoms with E-state index in [9.17, 15) is 18.4 Å². The summed E-state index contributed by atoms with van der Waals surface area (Å²) in [5.41, 5.74) is 7.09. The number of ether oxygens (including phenoxy) is 2. The van der Waals surface area contributed by atoms with E-state index in [0.29, 0.717) is 60.6 Å². The number of halogens is 2. The Balaban J connectivity index is 0.000000181. The number of fused-ring (bicyclic) bond motifs is 2. The fourth-order valence-electron chi connectivity index (χ4n) is 7.61. The molecule has 8 rings (SSSR count). The van der Waals surface area contributed by atoms with Crippen LogP contribution in [0.3, 0.4) is 0 Å². The van der Waals surface area contributed by atoms with Crippen LogP contribution in [0.4, 0.5) is 8.78 Å². The quantitative estimate of drug-likeness (QED) is 0.118. The van der Waals surface area contributed by atoms with Crippen LogP contribution in [0.5, 0.6) is 11.5 Å². The molecule has 308 valence electrons. The predicted octanol–water partition coefficient (Wildman–Crippen LogP) is 10.2. The lowest BCUT2D eigenvalue weighted by atomic mass is 9.83.